The molecule has 0 amide bonds. The van der Waals surface area contributed by atoms with Gasteiger partial charge in [-0.15, -0.1) is 12.4 Å². The lowest BCUT2D eigenvalue weighted by molar-refractivity contribution is -0.182. The SMILES string of the molecule is CCCS(=O)(=O)NCC(N1CCNCC1)C(F)(F)F.Cl. The van der Waals surface area contributed by atoms with Gasteiger partial charge in [0.15, 0.2) is 0 Å². The first kappa shape index (κ1) is 19.9. The highest BCUT2D eigenvalue weighted by Crippen LogP contribution is 2.24. The molecule has 0 aromatic rings. The van der Waals surface area contributed by atoms with Crippen molar-refractivity contribution < 1.29 is 21.6 Å². The van der Waals surface area contributed by atoms with Crippen molar-refractivity contribution in [3.63, 3.8) is 0 Å². The second-order valence-electron chi connectivity index (χ2n) is 4.51. The lowest BCUT2D eigenvalue weighted by Crippen LogP contribution is -2.57. The van der Waals surface area contributed by atoms with Gasteiger partial charge in [0.2, 0.25) is 10.0 Å². The van der Waals surface area contributed by atoms with E-state index in [9.17, 15) is 21.6 Å². The smallest absolute Gasteiger partial charge is 0.314 e. The maximum Gasteiger partial charge on any atom is 0.405 e. The van der Waals surface area contributed by atoms with Gasteiger partial charge in [0.05, 0.1) is 5.75 Å². The maximum absolute atomic E-state index is 13.0. The molecule has 1 heterocycles. The molecule has 10 heteroatoms. The molecule has 1 aliphatic heterocycles. The lowest BCUT2D eigenvalue weighted by atomic mass is 10.2. The standard InChI is InChI=1S/C10H20F3N3O2S.ClH/c1-2-7-19(17,18)15-8-9(10(11,12)13)16-5-3-14-4-6-16;/h9,14-15H,2-8H2,1H3;1H. The molecule has 5 nitrogen and oxygen atoms in total. The molecule has 2 N–H and O–H groups in total. The second-order valence-corrected chi connectivity index (χ2v) is 6.44. The average Bonchev–Trinajstić information content (AvgIpc) is 2.28. The molecule has 1 fully saturated rings. The zero-order valence-corrected chi connectivity index (χ0v) is 12.9. The van der Waals surface area contributed by atoms with Gasteiger partial charge in [-0.1, -0.05) is 6.92 Å². The van der Waals surface area contributed by atoms with E-state index >= 15 is 0 Å². The number of nitrogens with zero attached hydrogens (tertiary/aromatic N) is 1. The van der Waals surface area contributed by atoms with Gasteiger partial charge < -0.3 is 5.32 Å². The van der Waals surface area contributed by atoms with Gasteiger partial charge in [-0.3, -0.25) is 4.90 Å². The number of hydrogen-bond donors (Lipinski definition) is 2. The molecule has 0 saturated carbocycles. The molecule has 1 saturated heterocycles. The summed E-state index contributed by atoms with van der Waals surface area (Å²) in [6, 6.07) is -1.76. The summed E-state index contributed by atoms with van der Waals surface area (Å²) in [5.41, 5.74) is 0. The van der Waals surface area contributed by atoms with Gasteiger partial charge in [-0.25, -0.2) is 13.1 Å². The van der Waals surface area contributed by atoms with Crippen LogP contribution in [-0.2, 0) is 10.0 Å². The van der Waals surface area contributed by atoms with Crippen LogP contribution in [0.15, 0.2) is 0 Å². The topological polar surface area (TPSA) is 61.4 Å². The molecule has 1 atom stereocenters. The van der Waals surface area contributed by atoms with E-state index in [0.29, 0.717) is 19.5 Å². The molecular weight excluding hydrogens is 319 g/mol. The van der Waals surface area contributed by atoms with Crippen molar-refractivity contribution in [2.75, 3.05) is 38.5 Å². The fourth-order valence-electron chi connectivity index (χ4n) is 1.99. The summed E-state index contributed by atoms with van der Waals surface area (Å²) < 4.78 is 63.8. The second kappa shape index (κ2) is 8.38. The first-order valence-electron chi connectivity index (χ1n) is 6.25. The summed E-state index contributed by atoms with van der Waals surface area (Å²) in [4.78, 5) is 1.27. The van der Waals surface area contributed by atoms with Crippen molar-refractivity contribution in [2.24, 2.45) is 0 Å². The third-order valence-electron chi connectivity index (χ3n) is 2.94. The molecule has 1 aliphatic rings. The van der Waals surface area contributed by atoms with E-state index in [2.05, 4.69) is 10.0 Å². The number of piperazine rings is 1. The van der Waals surface area contributed by atoms with E-state index in [-0.39, 0.29) is 31.2 Å². The Morgan fingerprint density at radius 1 is 1.30 bits per heavy atom. The van der Waals surface area contributed by atoms with E-state index in [4.69, 9.17) is 0 Å². The highest BCUT2D eigenvalue weighted by molar-refractivity contribution is 7.89. The average molecular weight is 340 g/mol. The Balaban J connectivity index is 0.00000361. The Bertz CT molecular complexity index is 372. The van der Waals surface area contributed by atoms with Gasteiger partial charge in [0, 0.05) is 32.7 Å². The molecule has 20 heavy (non-hydrogen) atoms. The van der Waals surface area contributed by atoms with Crippen molar-refractivity contribution in [1.29, 1.82) is 0 Å². The predicted molar refractivity (Wildman–Crippen MR) is 73.6 cm³/mol. The molecule has 0 bridgehead atoms. The van der Waals surface area contributed by atoms with Crippen LogP contribution in [0.3, 0.4) is 0 Å². The summed E-state index contributed by atoms with van der Waals surface area (Å²) in [6.45, 7) is 2.53. The van der Waals surface area contributed by atoms with Crippen LogP contribution in [0.1, 0.15) is 13.3 Å². The molecule has 1 rings (SSSR count). The van der Waals surface area contributed by atoms with Crippen molar-refractivity contribution in [3.05, 3.63) is 0 Å². The predicted octanol–water partition coefficient (Wildman–Crippen LogP) is 0.574. The van der Waals surface area contributed by atoms with Gasteiger partial charge in [0.1, 0.15) is 6.04 Å². The summed E-state index contributed by atoms with van der Waals surface area (Å²) >= 11 is 0. The Hall–Kier alpha value is -0.0900. The quantitative estimate of drug-likeness (QED) is 0.743. The fourth-order valence-corrected chi connectivity index (χ4v) is 3.09. The number of nitrogens with one attached hydrogen (secondary N) is 2. The Morgan fingerprint density at radius 3 is 2.30 bits per heavy atom. The number of sulfonamides is 1. The minimum atomic E-state index is -4.44. The van der Waals surface area contributed by atoms with Crippen LogP contribution < -0.4 is 10.0 Å². The highest BCUT2D eigenvalue weighted by Gasteiger charge is 2.44. The van der Waals surface area contributed by atoms with Crippen molar-refractivity contribution in [1.82, 2.24) is 14.9 Å². The normalized spacial score (nSPS) is 19.4. The van der Waals surface area contributed by atoms with Crippen LogP contribution in [0, 0.1) is 0 Å². The number of halogens is 4. The van der Waals surface area contributed by atoms with E-state index < -0.39 is 28.8 Å². The molecule has 0 aromatic heterocycles. The Morgan fingerprint density at radius 2 is 1.85 bits per heavy atom. The molecule has 0 aliphatic carbocycles. The third kappa shape index (κ3) is 6.57. The molecule has 0 radical (unpaired) electrons. The number of hydrogen-bond acceptors (Lipinski definition) is 4. The number of rotatable bonds is 6. The van der Waals surface area contributed by atoms with Crippen LogP contribution in [0.5, 0.6) is 0 Å². The van der Waals surface area contributed by atoms with E-state index in [0.717, 1.165) is 0 Å². The first-order valence-corrected chi connectivity index (χ1v) is 7.90. The molecule has 0 aromatic carbocycles. The van der Waals surface area contributed by atoms with Crippen molar-refractivity contribution in [3.8, 4) is 0 Å². The highest BCUT2D eigenvalue weighted by atomic mass is 35.5. The van der Waals surface area contributed by atoms with Crippen molar-refractivity contribution >= 4 is 22.4 Å². The maximum atomic E-state index is 13.0. The first-order chi connectivity index (χ1) is 8.76. The van der Waals surface area contributed by atoms with Gasteiger partial charge in [-0.05, 0) is 6.42 Å². The van der Waals surface area contributed by atoms with Gasteiger partial charge >= 0.3 is 6.18 Å². The van der Waals surface area contributed by atoms with Gasteiger partial charge in [-0.2, -0.15) is 13.2 Å². The number of alkyl halides is 3. The van der Waals surface area contributed by atoms with E-state index in [1.54, 1.807) is 6.92 Å². The van der Waals surface area contributed by atoms with E-state index in [1.165, 1.54) is 4.90 Å². The summed E-state index contributed by atoms with van der Waals surface area (Å²) in [6.07, 6.45) is -4.06. The van der Waals surface area contributed by atoms with Crippen LogP contribution >= 0.6 is 12.4 Å². The minimum Gasteiger partial charge on any atom is -0.314 e. The largest absolute Gasteiger partial charge is 0.405 e. The minimum absolute atomic E-state index is 0. The third-order valence-corrected chi connectivity index (χ3v) is 4.49. The fraction of sp³-hybridized carbons (Fsp3) is 1.00. The molecule has 122 valence electrons. The van der Waals surface area contributed by atoms with Gasteiger partial charge in [0.25, 0.3) is 0 Å². The summed E-state index contributed by atoms with van der Waals surface area (Å²) in [5.74, 6) is -0.154. The lowest BCUT2D eigenvalue weighted by Gasteiger charge is -2.35. The van der Waals surface area contributed by atoms with Crippen LogP contribution in [0.25, 0.3) is 0 Å². The zero-order valence-electron chi connectivity index (χ0n) is 11.2. The summed E-state index contributed by atoms with van der Waals surface area (Å²) in [7, 11) is -3.62. The molecule has 1 unspecified atom stereocenters. The Kier molecular flexibility index (Phi) is 8.34. The van der Waals surface area contributed by atoms with Crippen molar-refractivity contribution in [2.45, 2.75) is 25.6 Å². The monoisotopic (exact) mass is 339 g/mol. The zero-order chi connectivity index (χ0) is 14.5. The van der Waals surface area contributed by atoms with Crippen LogP contribution in [-0.4, -0.2) is 64.0 Å². The molecular formula is C10H21ClF3N3O2S. The summed E-state index contributed by atoms with van der Waals surface area (Å²) in [5, 5.41) is 2.97. The van der Waals surface area contributed by atoms with Crippen LogP contribution in [0.4, 0.5) is 13.2 Å². The van der Waals surface area contributed by atoms with E-state index in [1.807, 2.05) is 0 Å². The van der Waals surface area contributed by atoms with Crippen LogP contribution in [0.2, 0.25) is 0 Å². The molecule has 0 spiro atoms. The Labute approximate surface area is 123 Å².